The van der Waals surface area contributed by atoms with E-state index in [1.165, 1.54) is 0 Å². The van der Waals surface area contributed by atoms with Crippen molar-refractivity contribution in [2.75, 3.05) is 13.1 Å². The molecule has 0 bridgehead atoms. The Labute approximate surface area is 137 Å². The van der Waals surface area contributed by atoms with E-state index in [9.17, 15) is 4.79 Å². The van der Waals surface area contributed by atoms with Gasteiger partial charge in [-0.25, -0.2) is 0 Å². The highest BCUT2D eigenvalue weighted by Crippen LogP contribution is 2.58. The number of halogens is 2. The standard InChI is InChI=1S/C16H21ClN2O.ClH/c1-11(12-4-2-3-5-14(12)17)19-15(20)13-10-16(13)6-8-18-9-7-16;/h2-5,11,13,18H,6-10H2,1H3,(H,19,20);1H. The van der Waals surface area contributed by atoms with Gasteiger partial charge in [0.2, 0.25) is 5.91 Å². The van der Waals surface area contributed by atoms with Crippen molar-refractivity contribution in [3.63, 3.8) is 0 Å². The summed E-state index contributed by atoms with van der Waals surface area (Å²) in [6, 6.07) is 7.67. The van der Waals surface area contributed by atoms with Gasteiger partial charge in [0.15, 0.2) is 0 Å². The molecule has 1 aromatic carbocycles. The normalized spacial score (nSPS) is 24.0. The Hall–Kier alpha value is -0.770. The SMILES string of the molecule is CC(NC(=O)C1CC12CCNCC2)c1ccccc1Cl.Cl. The highest BCUT2D eigenvalue weighted by atomic mass is 35.5. The maximum atomic E-state index is 12.4. The van der Waals surface area contributed by atoms with Gasteiger partial charge < -0.3 is 10.6 Å². The highest BCUT2D eigenvalue weighted by molar-refractivity contribution is 6.31. The van der Waals surface area contributed by atoms with Gasteiger partial charge in [0.1, 0.15) is 0 Å². The van der Waals surface area contributed by atoms with Crippen molar-refractivity contribution in [1.82, 2.24) is 10.6 Å². The van der Waals surface area contributed by atoms with E-state index < -0.39 is 0 Å². The van der Waals surface area contributed by atoms with Gasteiger partial charge in [-0.1, -0.05) is 29.8 Å². The van der Waals surface area contributed by atoms with Crippen LogP contribution in [0.25, 0.3) is 0 Å². The summed E-state index contributed by atoms with van der Waals surface area (Å²) in [7, 11) is 0. The van der Waals surface area contributed by atoms with Crippen LogP contribution in [0.15, 0.2) is 24.3 Å². The molecule has 1 aromatic rings. The van der Waals surface area contributed by atoms with E-state index in [-0.39, 0.29) is 35.7 Å². The number of amides is 1. The summed E-state index contributed by atoms with van der Waals surface area (Å²) in [6.07, 6.45) is 3.31. The number of piperidine rings is 1. The van der Waals surface area contributed by atoms with E-state index in [4.69, 9.17) is 11.6 Å². The quantitative estimate of drug-likeness (QED) is 0.893. The summed E-state index contributed by atoms with van der Waals surface area (Å²) in [5.41, 5.74) is 1.28. The third-order valence-electron chi connectivity index (χ3n) is 4.84. The molecule has 3 nitrogen and oxygen atoms in total. The van der Waals surface area contributed by atoms with Crippen LogP contribution in [0.1, 0.15) is 37.8 Å². The van der Waals surface area contributed by atoms with Crippen molar-refractivity contribution < 1.29 is 4.79 Å². The molecule has 2 atom stereocenters. The molecule has 21 heavy (non-hydrogen) atoms. The number of hydrogen-bond acceptors (Lipinski definition) is 2. The lowest BCUT2D eigenvalue weighted by Gasteiger charge is -2.24. The van der Waals surface area contributed by atoms with Gasteiger partial charge in [0.05, 0.1) is 6.04 Å². The molecule has 1 amide bonds. The Morgan fingerprint density at radius 1 is 1.38 bits per heavy atom. The largest absolute Gasteiger partial charge is 0.349 e. The molecule has 1 aliphatic heterocycles. The minimum atomic E-state index is -0.0319. The molecule has 2 unspecified atom stereocenters. The first-order valence-electron chi connectivity index (χ1n) is 7.38. The van der Waals surface area contributed by atoms with E-state index in [1.54, 1.807) is 0 Å². The number of rotatable bonds is 3. The summed E-state index contributed by atoms with van der Waals surface area (Å²) in [4.78, 5) is 12.4. The molecule has 1 saturated heterocycles. The molecule has 0 radical (unpaired) electrons. The number of nitrogens with one attached hydrogen (secondary N) is 2. The van der Waals surface area contributed by atoms with Crippen LogP contribution in [-0.4, -0.2) is 19.0 Å². The molecular formula is C16H22Cl2N2O. The average molecular weight is 329 g/mol. The first kappa shape index (κ1) is 16.6. The third-order valence-corrected chi connectivity index (χ3v) is 5.18. The molecule has 2 N–H and O–H groups in total. The first-order chi connectivity index (χ1) is 9.62. The van der Waals surface area contributed by atoms with Crippen LogP contribution in [0.2, 0.25) is 5.02 Å². The van der Waals surface area contributed by atoms with Crippen molar-refractivity contribution in [2.24, 2.45) is 11.3 Å². The van der Waals surface area contributed by atoms with E-state index in [1.807, 2.05) is 31.2 Å². The molecule has 0 aromatic heterocycles. The van der Waals surface area contributed by atoms with Gasteiger partial charge in [0, 0.05) is 10.9 Å². The van der Waals surface area contributed by atoms with Crippen LogP contribution in [-0.2, 0) is 4.79 Å². The van der Waals surface area contributed by atoms with Gasteiger partial charge in [-0.3, -0.25) is 4.79 Å². The van der Waals surface area contributed by atoms with Crippen molar-refractivity contribution in [2.45, 2.75) is 32.2 Å². The van der Waals surface area contributed by atoms with Crippen LogP contribution >= 0.6 is 24.0 Å². The summed E-state index contributed by atoms with van der Waals surface area (Å²) in [5, 5.41) is 7.21. The minimum absolute atomic E-state index is 0. The molecule has 2 fully saturated rings. The Morgan fingerprint density at radius 3 is 2.71 bits per heavy atom. The van der Waals surface area contributed by atoms with E-state index >= 15 is 0 Å². The third kappa shape index (κ3) is 3.36. The number of benzene rings is 1. The highest BCUT2D eigenvalue weighted by Gasteiger charge is 2.57. The molecule has 1 aliphatic carbocycles. The molecule has 116 valence electrons. The van der Waals surface area contributed by atoms with Gasteiger partial charge in [-0.2, -0.15) is 0 Å². The average Bonchev–Trinajstić information content (AvgIpc) is 3.13. The molecule has 5 heteroatoms. The first-order valence-corrected chi connectivity index (χ1v) is 7.76. The van der Waals surface area contributed by atoms with Crippen LogP contribution in [0, 0.1) is 11.3 Å². The lowest BCUT2D eigenvalue weighted by Crippen LogP contribution is -2.34. The Morgan fingerprint density at radius 2 is 2.05 bits per heavy atom. The molecule has 1 spiro atoms. The topological polar surface area (TPSA) is 41.1 Å². The van der Waals surface area contributed by atoms with Gasteiger partial charge in [0.25, 0.3) is 0 Å². The molecule has 3 rings (SSSR count). The fourth-order valence-electron chi connectivity index (χ4n) is 3.41. The molecular weight excluding hydrogens is 307 g/mol. The Bertz CT molecular complexity index is 515. The van der Waals surface area contributed by atoms with Crippen molar-refractivity contribution in [1.29, 1.82) is 0 Å². The predicted octanol–water partition coefficient (Wildman–Crippen LogP) is 3.33. The van der Waals surface area contributed by atoms with Crippen molar-refractivity contribution in [3.8, 4) is 0 Å². The maximum Gasteiger partial charge on any atom is 0.224 e. The second kappa shape index (κ2) is 6.55. The zero-order valence-corrected chi connectivity index (χ0v) is 13.8. The monoisotopic (exact) mass is 328 g/mol. The zero-order chi connectivity index (χ0) is 14.2. The summed E-state index contributed by atoms with van der Waals surface area (Å²) in [6.45, 7) is 4.09. The number of hydrogen-bond donors (Lipinski definition) is 2. The van der Waals surface area contributed by atoms with Crippen molar-refractivity contribution in [3.05, 3.63) is 34.9 Å². The van der Waals surface area contributed by atoms with Gasteiger partial charge in [-0.05, 0) is 56.3 Å². The number of carbonyl (C=O) groups excluding carboxylic acids is 1. The summed E-state index contributed by atoms with van der Waals surface area (Å²) < 4.78 is 0. The Balaban J connectivity index is 0.00000161. The maximum absolute atomic E-state index is 12.4. The predicted molar refractivity (Wildman–Crippen MR) is 87.9 cm³/mol. The fourth-order valence-corrected chi connectivity index (χ4v) is 3.71. The van der Waals surface area contributed by atoms with E-state index in [2.05, 4.69) is 10.6 Å². The molecule has 1 saturated carbocycles. The second-order valence-electron chi connectivity index (χ2n) is 6.12. The fraction of sp³-hybridized carbons (Fsp3) is 0.562. The number of carbonyl (C=O) groups is 1. The summed E-state index contributed by atoms with van der Waals surface area (Å²) in [5.74, 6) is 0.397. The van der Waals surface area contributed by atoms with Crippen molar-refractivity contribution >= 4 is 29.9 Å². The zero-order valence-electron chi connectivity index (χ0n) is 12.2. The second-order valence-corrected chi connectivity index (χ2v) is 6.53. The minimum Gasteiger partial charge on any atom is -0.349 e. The molecule has 2 aliphatic rings. The smallest absolute Gasteiger partial charge is 0.224 e. The van der Waals surface area contributed by atoms with Gasteiger partial charge >= 0.3 is 0 Å². The van der Waals surface area contributed by atoms with Gasteiger partial charge in [-0.15, -0.1) is 12.4 Å². The summed E-state index contributed by atoms with van der Waals surface area (Å²) >= 11 is 6.18. The lowest BCUT2D eigenvalue weighted by molar-refractivity contribution is -0.123. The van der Waals surface area contributed by atoms with E-state index in [0.29, 0.717) is 5.02 Å². The lowest BCUT2D eigenvalue weighted by atomic mass is 9.91. The Kier molecular flexibility index (Phi) is 5.18. The molecule has 1 heterocycles. The van der Waals surface area contributed by atoms with Crippen LogP contribution in [0.5, 0.6) is 0 Å². The van der Waals surface area contributed by atoms with Crippen LogP contribution < -0.4 is 10.6 Å². The van der Waals surface area contributed by atoms with Crippen LogP contribution in [0.4, 0.5) is 0 Å². The van der Waals surface area contributed by atoms with E-state index in [0.717, 1.165) is 37.9 Å². The van der Waals surface area contributed by atoms with Crippen LogP contribution in [0.3, 0.4) is 0 Å².